The third-order valence-electron chi connectivity index (χ3n) is 1.61. The zero-order valence-electron chi connectivity index (χ0n) is 8.16. The Bertz CT molecular complexity index is 219. The standard InChI is InChI=1S/C10H17NO2/c1-3-4-5-6-8(2)7-9(11)10(12)13/h4-6,9H,3,7,11H2,1-2H3,(H,12,13)/b5-4-,8-6+. The Morgan fingerprint density at radius 2 is 2.23 bits per heavy atom. The van der Waals surface area contributed by atoms with Crippen LogP contribution in [0.25, 0.3) is 0 Å². The number of carboxylic acid groups (broad SMARTS) is 1. The van der Waals surface area contributed by atoms with Crippen molar-refractivity contribution in [3.63, 3.8) is 0 Å². The molecule has 0 saturated carbocycles. The lowest BCUT2D eigenvalue weighted by Crippen LogP contribution is -2.30. The zero-order chi connectivity index (χ0) is 10.3. The highest BCUT2D eigenvalue weighted by Crippen LogP contribution is 2.03. The highest BCUT2D eigenvalue weighted by molar-refractivity contribution is 5.73. The molecule has 0 aromatic heterocycles. The van der Waals surface area contributed by atoms with Gasteiger partial charge in [-0.3, -0.25) is 4.79 Å². The minimum atomic E-state index is -0.952. The summed E-state index contributed by atoms with van der Waals surface area (Å²) in [7, 11) is 0. The fourth-order valence-electron chi connectivity index (χ4n) is 0.871. The summed E-state index contributed by atoms with van der Waals surface area (Å²) < 4.78 is 0. The fourth-order valence-corrected chi connectivity index (χ4v) is 0.871. The maximum atomic E-state index is 10.4. The van der Waals surface area contributed by atoms with Gasteiger partial charge in [0.05, 0.1) is 0 Å². The summed E-state index contributed by atoms with van der Waals surface area (Å²) in [4.78, 5) is 10.4. The van der Waals surface area contributed by atoms with Crippen molar-refractivity contribution in [2.45, 2.75) is 32.7 Å². The number of hydrogen-bond donors (Lipinski definition) is 2. The zero-order valence-corrected chi connectivity index (χ0v) is 8.16. The quantitative estimate of drug-likeness (QED) is 0.638. The molecule has 0 fully saturated rings. The van der Waals surface area contributed by atoms with Crippen molar-refractivity contribution < 1.29 is 9.90 Å². The Labute approximate surface area is 78.9 Å². The molecule has 0 bridgehead atoms. The molecule has 0 amide bonds. The molecule has 0 heterocycles. The van der Waals surface area contributed by atoms with Crippen LogP contribution in [-0.4, -0.2) is 17.1 Å². The van der Waals surface area contributed by atoms with E-state index >= 15 is 0 Å². The smallest absolute Gasteiger partial charge is 0.320 e. The summed E-state index contributed by atoms with van der Waals surface area (Å²) in [5.41, 5.74) is 6.34. The first-order valence-corrected chi connectivity index (χ1v) is 4.38. The third-order valence-corrected chi connectivity index (χ3v) is 1.61. The maximum Gasteiger partial charge on any atom is 0.320 e. The van der Waals surface area contributed by atoms with Crippen LogP contribution in [0.2, 0.25) is 0 Å². The van der Waals surface area contributed by atoms with Crippen LogP contribution in [0.15, 0.2) is 23.8 Å². The number of allylic oxidation sites excluding steroid dienone is 3. The lowest BCUT2D eigenvalue weighted by Gasteiger charge is -2.04. The Kier molecular flexibility index (Phi) is 5.89. The molecule has 1 unspecified atom stereocenters. The average molecular weight is 183 g/mol. The minimum Gasteiger partial charge on any atom is -0.480 e. The van der Waals surface area contributed by atoms with Gasteiger partial charge in [0.1, 0.15) is 6.04 Å². The first kappa shape index (κ1) is 11.9. The molecule has 3 nitrogen and oxygen atoms in total. The number of nitrogens with two attached hydrogens (primary N) is 1. The summed E-state index contributed by atoms with van der Waals surface area (Å²) in [6.45, 7) is 3.92. The van der Waals surface area contributed by atoms with Gasteiger partial charge in [-0.1, -0.05) is 30.7 Å². The average Bonchev–Trinajstić information content (AvgIpc) is 2.04. The van der Waals surface area contributed by atoms with Gasteiger partial charge < -0.3 is 10.8 Å². The van der Waals surface area contributed by atoms with E-state index in [0.717, 1.165) is 12.0 Å². The van der Waals surface area contributed by atoms with Crippen molar-refractivity contribution in [2.24, 2.45) is 5.73 Å². The second kappa shape index (κ2) is 6.43. The summed E-state index contributed by atoms with van der Waals surface area (Å²) in [5.74, 6) is -0.952. The largest absolute Gasteiger partial charge is 0.480 e. The first-order valence-electron chi connectivity index (χ1n) is 4.38. The van der Waals surface area contributed by atoms with Crippen LogP contribution in [0.5, 0.6) is 0 Å². The van der Waals surface area contributed by atoms with Crippen LogP contribution in [0.1, 0.15) is 26.7 Å². The van der Waals surface area contributed by atoms with Crippen molar-refractivity contribution in [3.8, 4) is 0 Å². The van der Waals surface area contributed by atoms with E-state index in [0.29, 0.717) is 6.42 Å². The normalized spacial score (nSPS) is 14.8. The van der Waals surface area contributed by atoms with E-state index < -0.39 is 12.0 Å². The summed E-state index contributed by atoms with van der Waals surface area (Å²) in [6, 6.07) is -0.786. The molecular weight excluding hydrogens is 166 g/mol. The van der Waals surface area contributed by atoms with Gasteiger partial charge in [0.2, 0.25) is 0 Å². The van der Waals surface area contributed by atoms with E-state index in [9.17, 15) is 4.79 Å². The van der Waals surface area contributed by atoms with Crippen LogP contribution in [0, 0.1) is 0 Å². The van der Waals surface area contributed by atoms with Gasteiger partial charge in [-0.05, 0) is 19.8 Å². The van der Waals surface area contributed by atoms with Gasteiger partial charge in [-0.25, -0.2) is 0 Å². The maximum absolute atomic E-state index is 10.4. The van der Waals surface area contributed by atoms with Gasteiger partial charge in [0.15, 0.2) is 0 Å². The lowest BCUT2D eigenvalue weighted by atomic mass is 10.1. The Balaban J connectivity index is 3.98. The van der Waals surface area contributed by atoms with Gasteiger partial charge >= 0.3 is 5.97 Å². The topological polar surface area (TPSA) is 63.3 Å². The molecule has 0 radical (unpaired) electrons. The predicted molar refractivity (Wildman–Crippen MR) is 53.4 cm³/mol. The van der Waals surface area contributed by atoms with E-state index in [1.807, 2.05) is 32.1 Å². The molecule has 74 valence electrons. The lowest BCUT2D eigenvalue weighted by molar-refractivity contribution is -0.138. The number of hydrogen-bond acceptors (Lipinski definition) is 2. The van der Waals surface area contributed by atoms with Gasteiger partial charge in [-0.15, -0.1) is 0 Å². The molecule has 0 aliphatic heterocycles. The third kappa shape index (κ3) is 6.11. The number of aliphatic carboxylic acids is 1. The number of carbonyl (C=O) groups is 1. The van der Waals surface area contributed by atoms with Crippen LogP contribution in [-0.2, 0) is 4.79 Å². The summed E-state index contributed by atoms with van der Waals surface area (Å²) in [6.07, 6.45) is 7.21. The van der Waals surface area contributed by atoms with E-state index in [-0.39, 0.29) is 0 Å². The molecule has 0 aromatic rings. The van der Waals surface area contributed by atoms with Crippen molar-refractivity contribution in [1.29, 1.82) is 0 Å². The Hall–Kier alpha value is -1.09. The Morgan fingerprint density at radius 3 is 2.69 bits per heavy atom. The van der Waals surface area contributed by atoms with E-state index in [2.05, 4.69) is 0 Å². The van der Waals surface area contributed by atoms with Crippen molar-refractivity contribution in [3.05, 3.63) is 23.8 Å². The Morgan fingerprint density at radius 1 is 1.62 bits per heavy atom. The second-order valence-electron chi connectivity index (χ2n) is 3.00. The molecule has 0 rings (SSSR count). The van der Waals surface area contributed by atoms with Crippen LogP contribution < -0.4 is 5.73 Å². The summed E-state index contributed by atoms with van der Waals surface area (Å²) in [5, 5.41) is 8.53. The SMILES string of the molecule is CC/C=C\C=C(/C)CC(N)C(=O)O. The van der Waals surface area contributed by atoms with E-state index in [1.54, 1.807) is 0 Å². The van der Waals surface area contributed by atoms with Gasteiger partial charge in [0, 0.05) is 0 Å². The van der Waals surface area contributed by atoms with E-state index in [4.69, 9.17) is 10.8 Å². The van der Waals surface area contributed by atoms with Gasteiger partial charge in [-0.2, -0.15) is 0 Å². The molecule has 3 heteroatoms. The minimum absolute atomic E-state index is 0.406. The molecule has 0 saturated heterocycles. The first-order chi connectivity index (χ1) is 6.07. The van der Waals surface area contributed by atoms with Crippen molar-refractivity contribution in [1.82, 2.24) is 0 Å². The molecule has 0 aliphatic carbocycles. The molecule has 1 atom stereocenters. The monoisotopic (exact) mass is 183 g/mol. The van der Waals surface area contributed by atoms with E-state index in [1.165, 1.54) is 0 Å². The van der Waals surface area contributed by atoms with Crippen LogP contribution in [0.4, 0.5) is 0 Å². The number of carboxylic acids is 1. The van der Waals surface area contributed by atoms with Crippen LogP contribution >= 0.6 is 0 Å². The van der Waals surface area contributed by atoms with Crippen molar-refractivity contribution in [2.75, 3.05) is 0 Å². The number of rotatable bonds is 5. The molecule has 0 spiro atoms. The van der Waals surface area contributed by atoms with Crippen molar-refractivity contribution >= 4 is 5.97 Å². The van der Waals surface area contributed by atoms with Crippen LogP contribution in [0.3, 0.4) is 0 Å². The van der Waals surface area contributed by atoms with Gasteiger partial charge in [0.25, 0.3) is 0 Å². The summed E-state index contributed by atoms with van der Waals surface area (Å²) >= 11 is 0. The molecule has 13 heavy (non-hydrogen) atoms. The fraction of sp³-hybridized carbons (Fsp3) is 0.500. The molecule has 0 aliphatic rings. The highest BCUT2D eigenvalue weighted by atomic mass is 16.4. The molecule has 0 aromatic carbocycles. The molecular formula is C10H17NO2. The highest BCUT2D eigenvalue weighted by Gasteiger charge is 2.10. The molecule has 3 N–H and O–H groups in total. The predicted octanol–water partition coefficient (Wildman–Crippen LogP) is 1.70. The second-order valence-corrected chi connectivity index (χ2v) is 3.00.